The monoisotopic (exact) mass is 560 g/mol. The van der Waals surface area contributed by atoms with Gasteiger partial charge in [-0.2, -0.15) is 0 Å². The average Bonchev–Trinajstić information content (AvgIpc) is 3.36. The molecule has 12 heteroatoms. The molecule has 1 N–H and O–H groups in total. The van der Waals surface area contributed by atoms with Crippen molar-refractivity contribution >= 4 is 55.7 Å². The number of nitrogens with zero attached hydrogens (tertiary/aromatic N) is 5. The van der Waals surface area contributed by atoms with Crippen LogP contribution in [0.4, 0.5) is 10.6 Å². The molecule has 0 spiro atoms. The standard InChI is InChI=1S/C27H24N6O4S2/c34-27(30-11-16-38-39-21-8-1-2-9-28-21)36-19-6-3-5-18(17-19)24-31-22-20-7-4-10-29-26(20)37-23(22)25(32-24)33-12-14-35-15-13-33/h1-10,17H,11-16H2,(H,30,34). The summed E-state index contributed by atoms with van der Waals surface area (Å²) in [5, 5.41) is 4.53. The van der Waals surface area contributed by atoms with E-state index in [1.807, 2.05) is 42.5 Å². The predicted molar refractivity (Wildman–Crippen MR) is 152 cm³/mol. The third-order valence-corrected chi connectivity index (χ3v) is 8.19. The summed E-state index contributed by atoms with van der Waals surface area (Å²) in [5.74, 6) is 2.31. The number of hydrogen-bond donors (Lipinski definition) is 1. The summed E-state index contributed by atoms with van der Waals surface area (Å²) in [5.41, 5.74) is 2.52. The van der Waals surface area contributed by atoms with Gasteiger partial charge in [0.1, 0.15) is 16.3 Å². The second-order valence-corrected chi connectivity index (χ2v) is 11.0. The molecular weight excluding hydrogens is 536 g/mol. The molecule has 0 bridgehead atoms. The molecule has 1 aliphatic heterocycles. The molecule has 1 aromatic carbocycles. The highest BCUT2D eigenvalue weighted by atomic mass is 33.1. The number of carbonyl (C=O) groups excluding carboxylic acids is 1. The Balaban J connectivity index is 1.18. The summed E-state index contributed by atoms with van der Waals surface area (Å²) in [6.07, 6.45) is 2.93. The number of nitrogens with one attached hydrogen (secondary N) is 1. The molecule has 0 unspecified atom stereocenters. The number of furan rings is 1. The van der Waals surface area contributed by atoms with Gasteiger partial charge in [-0.15, -0.1) is 0 Å². The van der Waals surface area contributed by atoms with E-state index < -0.39 is 6.09 Å². The van der Waals surface area contributed by atoms with Crippen LogP contribution in [-0.4, -0.2) is 64.6 Å². The van der Waals surface area contributed by atoms with E-state index in [-0.39, 0.29) is 0 Å². The van der Waals surface area contributed by atoms with E-state index >= 15 is 0 Å². The number of hydrogen-bond acceptors (Lipinski definition) is 11. The molecule has 4 aromatic heterocycles. The lowest BCUT2D eigenvalue weighted by Gasteiger charge is -2.27. The number of ether oxygens (including phenoxy) is 2. The van der Waals surface area contributed by atoms with Crippen molar-refractivity contribution in [3.8, 4) is 17.1 Å². The Morgan fingerprint density at radius 2 is 1.92 bits per heavy atom. The number of benzene rings is 1. The maximum Gasteiger partial charge on any atom is 0.412 e. The van der Waals surface area contributed by atoms with Gasteiger partial charge in [0, 0.05) is 43.3 Å². The van der Waals surface area contributed by atoms with Gasteiger partial charge in [0.25, 0.3) is 0 Å². The minimum atomic E-state index is -0.520. The van der Waals surface area contributed by atoms with Gasteiger partial charge in [-0.05, 0) is 47.2 Å². The van der Waals surface area contributed by atoms with Crippen molar-refractivity contribution in [2.45, 2.75) is 5.03 Å². The summed E-state index contributed by atoms with van der Waals surface area (Å²) in [6.45, 7) is 3.07. The molecule has 0 saturated carbocycles. The molecule has 0 atom stereocenters. The Bertz CT molecular complexity index is 1590. The lowest BCUT2D eigenvalue weighted by atomic mass is 10.2. The second-order valence-electron chi connectivity index (χ2n) is 8.52. The molecule has 0 aliphatic carbocycles. The van der Waals surface area contributed by atoms with E-state index in [1.165, 1.54) is 0 Å². The molecule has 1 fully saturated rings. The number of morpholine rings is 1. The molecule has 5 heterocycles. The van der Waals surface area contributed by atoms with Crippen LogP contribution in [0.2, 0.25) is 0 Å². The molecule has 5 aromatic rings. The first-order valence-corrected chi connectivity index (χ1v) is 14.7. The van der Waals surface area contributed by atoms with Crippen molar-refractivity contribution in [1.82, 2.24) is 25.3 Å². The molecule has 1 aliphatic rings. The molecule has 198 valence electrons. The van der Waals surface area contributed by atoms with Gasteiger partial charge in [0.05, 0.1) is 18.6 Å². The molecule has 39 heavy (non-hydrogen) atoms. The predicted octanol–water partition coefficient (Wildman–Crippen LogP) is 5.20. The van der Waals surface area contributed by atoms with Gasteiger partial charge in [-0.1, -0.05) is 29.0 Å². The molecule has 6 rings (SSSR count). The second kappa shape index (κ2) is 11.9. The van der Waals surface area contributed by atoms with Crippen LogP contribution in [0.5, 0.6) is 5.75 Å². The van der Waals surface area contributed by atoms with E-state index in [9.17, 15) is 4.79 Å². The number of anilines is 1. The summed E-state index contributed by atoms with van der Waals surface area (Å²) in [4.78, 5) is 32.9. The maximum atomic E-state index is 12.4. The summed E-state index contributed by atoms with van der Waals surface area (Å²) >= 11 is 0. The van der Waals surface area contributed by atoms with E-state index in [0.29, 0.717) is 72.8 Å². The van der Waals surface area contributed by atoms with Gasteiger partial charge in [-0.25, -0.2) is 24.7 Å². The van der Waals surface area contributed by atoms with Gasteiger partial charge in [0.15, 0.2) is 17.2 Å². The fourth-order valence-electron chi connectivity index (χ4n) is 4.12. The summed E-state index contributed by atoms with van der Waals surface area (Å²) in [6, 6.07) is 16.8. The molecule has 1 amide bonds. The minimum absolute atomic E-state index is 0.399. The Labute approximate surface area is 231 Å². The minimum Gasteiger partial charge on any atom is -0.432 e. The zero-order valence-electron chi connectivity index (χ0n) is 20.8. The fraction of sp³-hybridized carbons (Fsp3) is 0.222. The van der Waals surface area contributed by atoms with Crippen LogP contribution >= 0.6 is 21.6 Å². The number of carbonyl (C=O) groups is 1. The third-order valence-electron chi connectivity index (χ3n) is 5.92. The Morgan fingerprint density at radius 3 is 2.79 bits per heavy atom. The molecule has 1 saturated heterocycles. The first kappa shape index (κ1) is 25.4. The smallest absolute Gasteiger partial charge is 0.412 e. The van der Waals surface area contributed by atoms with Crippen molar-refractivity contribution in [3.63, 3.8) is 0 Å². The lowest BCUT2D eigenvalue weighted by molar-refractivity contribution is 0.122. The lowest BCUT2D eigenvalue weighted by Crippen LogP contribution is -2.37. The first-order valence-electron chi connectivity index (χ1n) is 12.4. The molecular formula is C27H24N6O4S2. The molecule has 0 radical (unpaired) electrons. The largest absolute Gasteiger partial charge is 0.432 e. The van der Waals surface area contributed by atoms with Crippen LogP contribution in [0.1, 0.15) is 0 Å². The van der Waals surface area contributed by atoms with E-state index in [1.54, 1.807) is 46.1 Å². The SMILES string of the molecule is O=C(NCCSSc1ccccn1)Oc1cccc(-c2nc(N3CCOCC3)c3oc4ncccc4c3n2)c1. The zero-order chi connectivity index (χ0) is 26.4. The van der Waals surface area contributed by atoms with Crippen LogP contribution in [0.15, 0.2) is 76.4 Å². The van der Waals surface area contributed by atoms with Crippen molar-refractivity contribution < 1.29 is 18.7 Å². The number of pyridine rings is 2. The zero-order valence-corrected chi connectivity index (χ0v) is 22.4. The number of aromatic nitrogens is 4. The number of fused-ring (bicyclic) bond motifs is 3. The van der Waals surface area contributed by atoms with E-state index in [4.69, 9.17) is 23.9 Å². The summed E-state index contributed by atoms with van der Waals surface area (Å²) in [7, 11) is 3.18. The number of rotatable bonds is 8. The Hall–Kier alpha value is -3.87. The quantitative estimate of drug-likeness (QED) is 0.199. The average molecular weight is 561 g/mol. The van der Waals surface area contributed by atoms with Crippen LogP contribution in [0.25, 0.3) is 33.6 Å². The van der Waals surface area contributed by atoms with Gasteiger partial charge in [-0.3, -0.25) is 0 Å². The van der Waals surface area contributed by atoms with Crippen molar-refractivity contribution in [1.29, 1.82) is 0 Å². The highest BCUT2D eigenvalue weighted by Gasteiger charge is 2.23. The molecule has 10 nitrogen and oxygen atoms in total. The first-order chi connectivity index (χ1) is 19.2. The van der Waals surface area contributed by atoms with Gasteiger partial charge < -0.3 is 24.1 Å². The van der Waals surface area contributed by atoms with Gasteiger partial charge in [0.2, 0.25) is 5.71 Å². The highest BCUT2D eigenvalue weighted by Crippen LogP contribution is 2.35. The van der Waals surface area contributed by atoms with Crippen LogP contribution < -0.4 is 15.0 Å². The van der Waals surface area contributed by atoms with Crippen molar-refractivity contribution in [3.05, 3.63) is 67.0 Å². The van der Waals surface area contributed by atoms with Crippen LogP contribution in [0, 0.1) is 0 Å². The Kier molecular flexibility index (Phi) is 7.75. The normalized spacial score (nSPS) is 13.6. The maximum absolute atomic E-state index is 12.4. The van der Waals surface area contributed by atoms with E-state index in [2.05, 4.69) is 20.2 Å². The highest BCUT2D eigenvalue weighted by molar-refractivity contribution is 8.76. The topological polar surface area (TPSA) is 116 Å². The third kappa shape index (κ3) is 5.92. The van der Waals surface area contributed by atoms with Crippen LogP contribution in [-0.2, 0) is 4.74 Å². The van der Waals surface area contributed by atoms with Crippen LogP contribution in [0.3, 0.4) is 0 Å². The fourth-order valence-corrected chi connectivity index (χ4v) is 5.90. The summed E-state index contributed by atoms with van der Waals surface area (Å²) < 4.78 is 17.2. The Morgan fingerprint density at radius 1 is 1.03 bits per heavy atom. The number of amides is 1. The van der Waals surface area contributed by atoms with Crippen molar-refractivity contribution in [2.24, 2.45) is 0 Å². The van der Waals surface area contributed by atoms with Gasteiger partial charge >= 0.3 is 6.09 Å². The van der Waals surface area contributed by atoms with Crippen molar-refractivity contribution in [2.75, 3.05) is 43.5 Å². The van der Waals surface area contributed by atoms with E-state index in [0.717, 1.165) is 16.0 Å².